The fourth-order valence-electron chi connectivity index (χ4n) is 3.33. The maximum atomic E-state index is 13.0. The molecule has 1 aliphatic rings. The van der Waals surface area contributed by atoms with Crippen LogP contribution in [0.25, 0.3) is 0 Å². The van der Waals surface area contributed by atoms with E-state index in [0.29, 0.717) is 0 Å². The molecule has 3 heterocycles. The Hall–Kier alpha value is -1.79. The van der Waals surface area contributed by atoms with Crippen LogP contribution < -0.4 is 0 Å². The molecule has 1 amide bonds. The minimum atomic E-state index is 0.117. The summed E-state index contributed by atoms with van der Waals surface area (Å²) < 4.78 is 0. The van der Waals surface area contributed by atoms with Crippen LogP contribution in [-0.4, -0.2) is 46.3 Å². The Balaban J connectivity index is 1.85. The number of hydrogen-bond acceptors (Lipinski definition) is 5. The van der Waals surface area contributed by atoms with Gasteiger partial charge in [-0.15, -0.1) is 11.3 Å². The number of pyridine rings is 1. The molecule has 1 atom stereocenters. The second kappa shape index (κ2) is 6.99. The van der Waals surface area contributed by atoms with Gasteiger partial charge in [-0.1, -0.05) is 0 Å². The lowest BCUT2D eigenvalue weighted by Gasteiger charge is -2.25. The van der Waals surface area contributed by atoms with Crippen LogP contribution in [0.2, 0.25) is 0 Å². The zero-order valence-corrected chi connectivity index (χ0v) is 15.6. The molecule has 0 saturated carbocycles. The van der Waals surface area contributed by atoms with Gasteiger partial charge in [0, 0.05) is 19.3 Å². The Morgan fingerprint density at radius 2 is 2.21 bits per heavy atom. The number of thiazole rings is 1. The summed E-state index contributed by atoms with van der Waals surface area (Å²) in [6.07, 6.45) is 3.91. The Morgan fingerprint density at radius 1 is 1.42 bits per heavy atom. The molecular formula is C18H24N4OS. The van der Waals surface area contributed by atoms with E-state index >= 15 is 0 Å². The molecular weight excluding hydrogens is 320 g/mol. The summed E-state index contributed by atoms with van der Waals surface area (Å²) in [5, 5.41) is 0.948. The summed E-state index contributed by atoms with van der Waals surface area (Å²) in [5.74, 6) is 0.117. The minimum Gasteiger partial charge on any atom is -0.331 e. The summed E-state index contributed by atoms with van der Waals surface area (Å²) in [7, 11) is 4.07. The van der Waals surface area contributed by atoms with Crippen molar-refractivity contribution in [1.29, 1.82) is 0 Å². The lowest BCUT2D eigenvalue weighted by Crippen LogP contribution is -2.30. The quantitative estimate of drug-likeness (QED) is 0.855. The van der Waals surface area contributed by atoms with Crippen molar-refractivity contribution in [3.8, 4) is 0 Å². The van der Waals surface area contributed by atoms with Gasteiger partial charge in [0.25, 0.3) is 5.91 Å². The van der Waals surface area contributed by atoms with Crippen molar-refractivity contribution in [2.45, 2.75) is 39.3 Å². The summed E-state index contributed by atoms with van der Waals surface area (Å²) in [5.41, 5.74) is 3.07. The smallest absolute Gasteiger partial charge is 0.266 e. The van der Waals surface area contributed by atoms with Gasteiger partial charge >= 0.3 is 0 Å². The first-order valence-electron chi connectivity index (χ1n) is 8.30. The fourth-order valence-corrected chi connectivity index (χ4v) is 4.21. The fraction of sp³-hybridized carbons (Fsp3) is 0.500. The highest BCUT2D eigenvalue weighted by Crippen LogP contribution is 2.34. The first-order chi connectivity index (χ1) is 11.5. The van der Waals surface area contributed by atoms with Crippen molar-refractivity contribution in [1.82, 2.24) is 19.8 Å². The van der Waals surface area contributed by atoms with E-state index in [0.717, 1.165) is 47.2 Å². The van der Waals surface area contributed by atoms with Gasteiger partial charge in [0.1, 0.15) is 4.88 Å². The lowest BCUT2D eigenvalue weighted by molar-refractivity contribution is 0.0739. The average Bonchev–Trinajstić information content (AvgIpc) is 3.12. The molecule has 0 radical (unpaired) electrons. The molecule has 0 unspecified atom stereocenters. The molecule has 0 aliphatic carbocycles. The SMILES string of the molecule is Cc1nc(C)c(C(=O)N2CCC[C@H]2c2ccnc(CN(C)C)c2)s1. The van der Waals surface area contributed by atoms with Crippen LogP contribution >= 0.6 is 11.3 Å². The van der Waals surface area contributed by atoms with Gasteiger partial charge in [0.15, 0.2) is 0 Å². The van der Waals surface area contributed by atoms with E-state index in [1.165, 1.54) is 16.9 Å². The summed E-state index contributed by atoms with van der Waals surface area (Å²) in [6.45, 7) is 5.49. The van der Waals surface area contributed by atoms with Crippen LogP contribution in [0.15, 0.2) is 18.3 Å². The predicted octanol–water partition coefficient (Wildman–Crippen LogP) is 3.19. The van der Waals surface area contributed by atoms with Gasteiger partial charge in [-0.25, -0.2) is 4.98 Å². The maximum Gasteiger partial charge on any atom is 0.266 e. The van der Waals surface area contributed by atoms with Gasteiger partial charge in [0.05, 0.1) is 22.4 Å². The maximum absolute atomic E-state index is 13.0. The molecule has 1 fully saturated rings. The van der Waals surface area contributed by atoms with Gasteiger partial charge in [0.2, 0.25) is 0 Å². The molecule has 1 aliphatic heterocycles. The van der Waals surface area contributed by atoms with E-state index in [2.05, 4.69) is 20.9 Å². The monoisotopic (exact) mass is 344 g/mol. The second-order valence-corrected chi connectivity index (χ2v) is 7.83. The third-order valence-electron chi connectivity index (χ3n) is 4.32. The third-order valence-corrected chi connectivity index (χ3v) is 5.38. The van der Waals surface area contributed by atoms with Crippen LogP contribution in [0.4, 0.5) is 0 Å². The Morgan fingerprint density at radius 3 is 2.88 bits per heavy atom. The van der Waals surface area contributed by atoms with Crippen molar-refractivity contribution in [2.75, 3.05) is 20.6 Å². The zero-order chi connectivity index (χ0) is 17.3. The van der Waals surface area contributed by atoms with E-state index in [1.807, 2.05) is 45.1 Å². The molecule has 3 rings (SSSR count). The molecule has 0 N–H and O–H groups in total. The second-order valence-electron chi connectivity index (χ2n) is 6.62. The molecule has 2 aromatic heterocycles. The topological polar surface area (TPSA) is 49.3 Å². The van der Waals surface area contributed by atoms with Crippen LogP contribution in [0.1, 0.15) is 50.5 Å². The number of amides is 1. The first kappa shape index (κ1) is 17.0. The van der Waals surface area contributed by atoms with E-state index < -0.39 is 0 Å². The minimum absolute atomic E-state index is 0.117. The molecule has 0 bridgehead atoms. The molecule has 0 aromatic carbocycles. The zero-order valence-electron chi connectivity index (χ0n) is 14.7. The summed E-state index contributed by atoms with van der Waals surface area (Å²) in [6, 6.07) is 4.32. The molecule has 24 heavy (non-hydrogen) atoms. The van der Waals surface area contributed by atoms with Crippen molar-refractivity contribution in [2.24, 2.45) is 0 Å². The predicted molar refractivity (Wildman–Crippen MR) is 96.2 cm³/mol. The number of hydrogen-bond donors (Lipinski definition) is 0. The van der Waals surface area contributed by atoms with Gasteiger partial charge < -0.3 is 9.80 Å². The molecule has 1 saturated heterocycles. The van der Waals surface area contributed by atoms with Crippen LogP contribution in [-0.2, 0) is 6.54 Å². The standard InChI is InChI=1S/C18H24N4OS/c1-12-17(24-13(2)20-12)18(23)22-9-5-6-16(22)14-7-8-19-15(10-14)11-21(3)4/h7-8,10,16H,5-6,9,11H2,1-4H3/t16-/m0/s1. The Bertz CT molecular complexity index is 740. The summed E-state index contributed by atoms with van der Waals surface area (Å²) in [4.78, 5) is 26.7. The number of rotatable bonds is 4. The van der Waals surface area contributed by atoms with Crippen molar-refractivity contribution in [3.05, 3.63) is 45.2 Å². The van der Waals surface area contributed by atoms with Gasteiger partial charge in [-0.05, 0) is 58.5 Å². The van der Waals surface area contributed by atoms with Crippen LogP contribution in [0, 0.1) is 13.8 Å². The Kier molecular flexibility index (Phi) is 4.96. The number of carbonyl (C=O) groups is 1. The third kappa shape index (κ3) is 3.49. The van der Waals surface area contributed by atoms with Gasteiger partial charge in [-0.3, -0.25) is 9.78 Å². The molecule has 2 aromatic rings. The molecule has 6 heteroatoms. The van der Waals surface area contributed by atoms with E-state index in [4.69, 9.17) is 0 Å². The highest BCUT2D eigenvalue weighted by atomic mass is 32.1. The first-order valence-corrected chi connectivity index (χ1v) is 9.12. The van der Waals surface area contributed by atoms with Crippen molar-refractivity contribution >= 4 is 17.2 Å². The number of carbonyl (C=O) groups excluding carboxylic acids is 1. The highest BCUT2D eigenvalue weighted by molar-refractivity contribution is 7.13. The average molecular weight is 344 g/mol. The van der Waals surface area contributed by atoms with Gasteiger partial charge in [-0.2, -0.15) is 0 Å². The normalized spacial score (nSPS) is 17.7. The highest BCUT2D eigenvalue weighted by Gasteiger charge is 2.32. The largest absolute Gasteiger partial charge is 0.331 e. The Labute approximate surface area is 147 Å². The van der Waals surface area contributed by atoms with E-state index in [9.17, 15) is 4.79 Å². The number of nitrogens with zero attached hydrogens (tertiary/aromatic N) is 4. The number of likely N-dealkylation sites (tertiary alicyclic amines) is 1. The van der Waals surface area contributed by atoms with Crippen molar-refractivity contribution in [3.63, 3.8) is 0 Å². The van der Waals surface area contributed by atoms with Crippen LogP contribution in [0.5, 0.6) is 0 Å². The molecule has 0 spiro atoms. The molecule has 5 nitrogen and oxygen atoms in total. The van der Waals surface area contributed by atoms with E-state index in [-0.39, 0.29) is 11.9 Å². The van der Waals surface area contributed by atoms with Crippen LogP contribution in [0.3, 0.4) is 0 Å². The van der Waals surface area contributed by atoms with E-state index in [1.54, 1.807) is 0 Å². The molecule has 128 valence electrons. The van der Waals surface area contributed by atoms with Crippen molar-refractivity contribution < 1.29 is 4.79 Å². The summed E-state index contributed by atoms with van der Waals surface area (Å²) >= 11 is 1.50. The lowest BCUT2D eigenvalue weighted by atomic mass is 10.0. The number of aromatic nitrogens is 2. The number of aryl methyl sites for hydroxylation is 2.